The molecule has 1 unspecified atom stereocenters. The molecule has 7 heteroatoms. The summed E-state index contributed by atoms with van der Waals surface area (Å²) in [5.74, 6) is 1.60. The van der Waals surface area contributed by atoms with Crippen LogP contribution in [0.1, 0.15) is 52.9 Å². The number of ether oxygens (including phenoxy) is 1. The minimum Gasteiger partial charge on any atom is -0.385 e. The largest absolute Gasteiger partial charge is 0.385 e. The van der Waals surface area contributed by atoms with E-state index in [0.717, 1.165) is 51.7 Å². The van der Waals surface area contributed by atoms with E-state index in [0.29, 0.717) is 17.4 Å². The topological polar surface area (TPSA) is 52.1 Å². The first kappa shape index (κ1) is 26.9. The third kappa shape index (κ3) is 8.87. The van der Waals surface area contributed by atoms with Crippen LogP contribution in [0.25, 0.3) is 0 Å². The molecule has 1 saturated carbocycles. The smallest absolute Gasteiger partial charge is 0.191 e. The minimum atomic E-state index is 0. The predicted molar refractivity (Wildman–Crippen MR) is 134 cm³/mol. The van der Waals surface area contributed by atoms with E-state index in [9.17, 15) is 0 Å². The molecule has 29 heavy (non-hydrogen) atoms. The van der Waals surface area contributed by atoms with Crippen molar-refractivity contribution in [1.29, 1.82) is 0 Å². The van der Waals surface area contributed by atoms with Crippen LogP contribution >= 0.6 is 24.0 Å². The maximum absolute atomic E-state index is 5.37. The summed E-state index contributed by atoms with van der Waals surface area (Å²) in [6, 6.07) is 0.548. The predicted octanol–water partition coefficient (Wildman–Crippen LogP) is 3.03. The highest BCUT2D eigenvalue weighted by Crippen LogP contribution is 2.41. The number of aliphatic imine (C=N–C) groups is 1. The van der Waals surface area contributed by atoms with E-state index < -0.39 is 0 Å². The molecular formula is C22H46IN5O. The Kier molecular flexibility index (Phi) is 13.0. The van der Waals surface area contributed by atoms with Crippen molar-refractivity contribution in [2.75, 3.05) is 66.6 Å². The molecule has 0 bridgehead atoms. The Labute approximate surface area is 196 Å². The highest BCUT2D eigenvalue weighted by Gasteiger charge is 2.33. The zero-order chi connectivity index (χ0) is 20.4. The van der Waals surface area contributed by atoms with E-state index in [-0.39, 0.29) is 24.0 Å². The highest BCUT2D eigenvalue weighted by atomic mass is 127. The van der Waals surface area contributed by atoms with Crippen LogP contribution in [0.3, 0.4) is 0 Å². The van der Waals surface area contributed by atoms with Crippen LogP contribution in [-0.4, -0.2) is 88.4 Å². The van der Waals surface area contributed by atoms with Gasteiger partial charge in [-0.15, -0.1) is 24.0 Å². The van der Waals surface area contributed by atoms with Crippen LogP contribution < -0.4 is 10.6 Å². The lowest BCUT2D eigenvalue weighted by molar-refractivity contribution is 0.0899. The second-order valence-electron chi connectivity index (χ2n) is 9.18. The van der Waals surface area contributed by atoms with Crippen LogP contribution in [0.4, 0.5) is 0 Å². The molecule has 1 heterocycles. The van der Waals surface area contributed by atoms with Gasteiger partial charge in [0.15, 0.2) is 5.96 Å². The fourth-order valence-electron chi connectivity index (χ4n) is 4.66. The molecule has 6 nitrogen and oxygen atoms in total. The maximum atomic E-state index is 5.37. The molecule has 2 rings (SSSR count). The Bertz CT molecular complexity index is 460. The summed E-state index contributed by atoms with van der Waals surface area (Å²) in [4.78, 5) is 10.1. The SMILES string of the molecule is CCNC(=NCC1(CCOC)CCCC1)NCC(C(C)C)N1CCN(C)CC1.I. The average molecular weight is 524 g/mol. The lowest BCUT2D eigenvalue weighted by Gasteiger charge is -2.40. The number of piperazine rings is 1. The van der Waals surface area contributed by atoms with Gasteiger partial charge in [0.1, 0.15) is 0 Å². The lowest BCUT2D eigenvalue weighted by atomic mass is 9.83. The zero-order valence-corrected chi connectivity index (χ0v) is 21.8. The molecule has 1 aliphatic carbocycles. The van der Waals surface area contributed by atoms with Gasteiger partial charge in [-0.3, -0.25) is 9.89 Å². The van der Waals surface area contributed by atoms with Gasteiger partial charge >= 0.3 is 0 Å². The van der Waals surface area contributed by atoms with E-state index in [1.54, 1.807) is 0 Å². The van der Waals surface area contributed by atoms with E-state index >= 15 is 0 Å². The van der Waals surface area contributed by atoms with Gasteiger partial charge in [0.25, 0.3) is 0 Å². The fraction of sp³-hybridized carbons (Fsp3) is 0.955. The van der Waals surface area contributed by atoms with Gasteiger partial charge < -0.3 is 20.3 Å². The van der Waals surface area contributed by atoms with Gasteiger partial charge in [0, 0.05) is 65.6 Å². The van der Waals surface area contributed by atoms with Crippen molar-refractivity contribution >= 4 is 29.9 Å². The summed E-state index contributed by atoms with van der Waals surface area (Å²) in [6.45, 7) is 15.1. The molecule has 1 atom stereocenters. The lowest BCUT2D eigenvalue weighted by Crippen LogP contribution is -2.55. The Morgan fingerprint density at radius 1 is 1.10 bits per heavy atom. The first-order chi connectivity index (χ1) is 13.5. The minimum absolute atomic E-state index is 0. The Hall–Kier alpha value is -0.120. The molecule has 1 aliphatic heterocycles. The van der Waals surface area contributed by atoms with Crippen molar-refractivity contribution in [2.24, 2.45) is 16.3 Å². The second kappa shape index (κ2) is 14.0. The van der Waals surface area contributed by atoms with Crippen molar-refractivity contribution in [3.8, 4) is 0 Å². The van der Waals surface area contributed by atoms with Gasteiger partial charge in [-0.2, -0.15) is 0 Å². The summed E-state index contributed by atoms with van der Waals surface area (Å²) in [5, 5.41) is 7.13. The van der Waals surface area contributed by atoms with Crippen LogP contribution in [0.15, 0.2) is 4.99 Å². The number of rotatable bonds is 10. The fourth-order valence-corrected chi connectivity index (χ4v) is 4.66. The second-order valence-corrected chi connectivity index (χ2v) is 9.18. The zero-order valence-electron chi connectivity index (χ0n) is 19.5. The Balaban J connectivity index is 0.00000420. The van der Waals surface area contributed by atoms with Crippen LogP contribution in [0, 0.1) is 11.3 Å². The summed E-state index contributed by atoms with van der Waals surface area (Å²) in [6.07, 6.45) is 6.37. The molecule has 2 N–H and O–H groups in total. The van der Waals surface area contributed by atoms with E-state index in [1.807, 2.05) is 7.11 Å². The van der Waals surface area contributed by atoms with E-state index in [1.165, 1.54) is 38.8 Å². The van der Waals surface area contributed by atoms with Crippen LogP contribution in [0.2, 0.25) is 0 Å². The van der Waals surface area contributed by atoms with Crippen molar-refractivity contribution < 1.29 is 4.74 Å². The van der Waals surface area contributed by atoms with Gasteiger partial charge in [-0.05, 0) is 44.6 Å². The van der Waals surface area contributed by atoms with Crippen molar-refractivity contribution in [2.45, 2.75) is 58.9 Å². The number of halogens is 1. The van der Waals surface area contributed by atoms with Gasteiger partial charge in [-0.25, -0.2) is 0 Å². The first-order valence-corrected chi connectivity index (χ1v) is 11.4. The molecular weight excluding hydrogens is 477 g/mol. The monoisotopic (exact) mass is 523 g/mol. The molecule has 0 radical (unpaired) electrons. The number of guanidine groups is 1. The molecule has 172 valence electrons. The summed E-state index contributed by atoms with van der Waals surface area (Å²) in [7, 11) is 4.03. The standard InChI is InChI=1S/C22H45N5O.HI/c1-6-23-21(25-18-22(11-16-28-5)9-7-8-10-22)24-17-20(19(2)3)27-14-12-26(4)13-15-27;/h19-20H,6-18H2,1-5H3,(H2,23,24,25);1H. The Morgan fingerprint density at radius 3 is 2.31 bits per heavy atom. The number of nitrogens with one attached hydrogen (secondary N) is 2. The molecule has 0 spiro atoms. The third-order valence-corrected chi connectivity index (χ3v) is 6.67. The Morgan fingerprint density at radius 2 is 1.76 bits per heavy atom. The molecule has 0 amide bonds. The quantitative estimate of drug-likeness (QED) is 0.262. The number of nitrogens with zero attached hydrogens (tertiary/aromatic N) is 3. The maximum Gasteiger partial charge on any atom is 0.191 e. The van der Waals surface area contributed by atoms with Crippen molar-refractivity contribution in [3.63, 3.8) is 0 Å². The normalized spacial score (nSPS) is 21.8. The third-order valence-electron chi connectivity index (χ3n) is 6.67. The van der Waals surface area contributed by atoms with Gasteiger partial charge in [-0.1, -0.05) is 26.7 Å². The average Bonchev–Trinajstić information content (AvgIpc) is 3.15. The van der Waals surface area contributed by atoms with Gasteiger partial charge in [0.2, 0.25) is 0 Å². The summed E-state index contributed by atoms with van der Waals surface area (Å²) >= 11 is 0. The highest BCUT2D eigenvalue weighted by molar-refractivity contribution is 14.0. The number of hydrogen-bond acceptors (Lipinski definition) is 4. The van der Waals surface area contributed by atoms with Crippen LogP contribution in [-0.2, 0) is 4.74 Å². The molecule has 2 aliphatic rings. The van der Waals surface area contributed by atoms with Crippen molar-refractivity contribution in [3.05, 3.63) is 0 Å². The molecule has 2 fully saturated rings. The molecule has 1 saturated heterocycles. The summed E-state index contributed by atoms with van der Waals surface area (Å²) in [5.41, 5.74) is 0.341. The molecule has 0 aromatic rings. The van der Waals surface area contributed by atoms with Crippen LogP contribution in [0.5, 0.6) is 0 Å². The first-order valence-electron chi connectivity index (χ1n) is 11.4. The van der Waals surface area contributed by atoms with E-state index in [2.05, 4.69) is 48.3 Å². The number of hydrogen-bond donors (Lipinski definition) is 2. The van der Waals surface area contributed by atoms with Crippen molar-refractivity contribution in [1.82, 2.24) is 20.4 Å². The molecule has 0 aromatic carbocycles. The molecule has 0 aromatic heterocycles. The van der Waals surface area contributed by atoms with Gasteiger partial charge in [0.05, 0.1) is 0 Å². The van der Waals surface area contributed by atoms with E-state index in [4.69, 9.17) is 9.73 Å². The summed E-state index contributed by atoms with van der Waals surface area (Å²) < 4.78 is 5.37. The number of methoxy groups -OCH3 is 1. The number of likely N-dealkylation sites (N-methyl/N-ethyl adjacent to an activating group) is 1.